The molecule has 0 aromatic heterocycles. The van der Waals surface area contributed by atoms with Crippen LogP contribution in [0, 0.1) is 0 Å². The van der Waals surface area contributed by atoms with E-state index >= 15 is 0 Å². The molecule has 1 amide bonds. The van der Waals surface area contributed by atoms with Crippen molar-refractivity contribution in [2.75, 3.05) is 0 Å². The Morgan fingerprint density at radius 1 is 1.05 bits per heavy atom. The van der Waals surface area contributed by atoms with E-state index in [1.54, 1.807) is 12.1 Å². The molecule has 0 unspecified atom stereocenters. The lowest BCUT2D eigenvalue weighted by molar-refractivity contribution is 0.190. The molecule has 0 aliphatic carbocycles. The molecule has 0 bridgehead atoms. The van der Waals surface area contributed by atoms with Crippen molar-refractivity contribution in [3.8, 4) is 11.5 Å². The van der Waals surface area contributed by atoms with E-state index in [1.807, 2.05) is 32.9 Å². The maximum Gasteiger partial charge on any atom is 0.413 e. The summed E-state index contributed by atoms with van der Waals surface area (Å²) in [6, 6.07) is 7.25. The van der Waals surface area contributed by atoms with Gasteiger partial charge in [0.15, 0.2) is 0 Å². The number of hydrogen-bond acceptors (Lipinski definition) is 3. The number of nitrogens with one attached hydrogen (secondary N) is 1. The van der Waals surface area contributed by atoms with E-state index in [4.69, 9.17) is 9.16 Å². The Hall–Kier alpha value is -1.49. The van der Waals surface area contributed by atoms with Crippen molar-refractivity contribution in [3.63, 3.8) is 0 Å². The molecule has 0 saturated heterocycles. The standard InChI is InChI=1S/C17H29NO3Si/c1-16(2,3)18-15(19)20-13-10-9-11-14(12-13)21-22(7,8)17(4,5)6/h9-12H,1-8H3,(H,18,19). The Bertz CT molecular complexity index is 527. The number of rotatable bonds is 3. The summed E-state index contributed by atoms with van der Waals surface area (Å²) < 4.78 is 11.5. The molecule has 0 aliphatic heterocycles. The van der Waals surface area contributed by atoms with Crippen LogP contribution in [0.25, 0.3) is 0 Å². The number of ether oxygens (including phenoxy) is 1. The highest BCUT2D eigenvalue weighted by molar-refractivity contribution is 6.74. The molecule has 0 radical (unpaired) electrons. The maximum absolute atomic E-state index is 11.8. The fraction of sp³-hybridized carbons (Fsp3) is 0.588. The second-order valence-corrected chi connectivity index (χ2v) is 12.8. The molecule has 1 aromatic rings. The van der Waals surface area contributed by atoms with Gasteiger partial charge in [-0.25, -0.2) is 4.79 Å². The van der Waals surface area contributed by atoms with Crippen molar-refractivity contribution in [2.24, 2.45) is 0 Å². The Morgan fingerprint density at radius 2 is 1.59 bits per heavy atom. The van der Waals surface area contributed by atoms with E-state index in [1.165, 1.54) is 0 Å². The molecule has 0 aliphatic rings. The summed E-state index contributed by atoms with van der Waals surface area (Å²) in [5, 5.41) is 2.88. The van der Waals surface area contributed by atoms with Crippen LogP contribution in [0.3, 0.4) is 0 Å². The fourth-order valence-corrected chi connectivity index (χ4v) is 2.51. The van der Waals surface area contributed by atoms with Crippen molar-refractivity contribution < 1.29 is 14.0 Å². The minimum atomic E-state index is -1.90. The van der Waals surface area contributed by atoms with Crippen LogP contribution >= 0.6 is 0 Å². The summed E-state index contributed by atoms with van der Waals surface area (Å²) in [6.45, 7) is 16.7. The first-order valence-electron chi connectivity index (χ1n) is 7.59. The molecule has 4 nitrogen and oxygen atoms in total. The van der Waals surface area contributed by atoms with Crippen molar-refractivity contribution >= 4 is 14.4 Å². The third-order valence-electron chi connectivity index (χ3n) is 3.67. The van der Waals surface area contributed by atoms with E-state index in [0.717, 1.165) is 5.75 Å². The molecule has 124 valence electrons. The fourth-order valence-electron chi connectivity index (χ4n) is 1.49. The molecular weight excluding hydrogens is 294 g/mol. The van der Waals surface area contributed by atoms with Gasteiger partial charge in [0.1, 0.15) is 11.5 Å². The summed E-state index contributed by atoms with van der Waals surface area (Å²) in [7, 11) is -1.90. The number of amides is 1. The van der Waals surface area contributed by atoms with E-state index < -0.39 is 14.4 Å². The Labute approximate surface area is 135 Å². The smallest absolute Gasteiger partial charge is 0.413 e. The summed E-state index contributed by atoms with van der Waals surface area (Å²) in [5.41, 5.74) is -0.327. The summed E-state index contributed by atoms with van der Waals surface area (Å²) in [5.74, 6) is 1.23. The van der Waals surface area contributed by atoms with E-state index in [9.17, 15) is 4.79 Å². The molecule has 0 fully saturated rings. The van der Waals surface area contributed by atoms with Crippen LogP contribution in [0.2, 0.25) is 18.1 Å². The predicted molar refractivity (Wildman–Crippen MR) is 93.2 cm³/mol. The number of carbonyl (C=O) groups excluding carboxylic acids is 1. The molecule has 1 N–H and O–H groups in total. The second-order valence-electron chi connectivity index (χ2n) is 8.10. The highest BCUT2D eigenvalue weighted by Gasteiger charge is 2.39. The molecule has 22 heavy (non-hydrogen) atoms. The maximum atomic E-state index is 11.8. The van der Waals surface area contributed by atoms with Gasteiger partial charge in [-0.05, 0) is 51.0 Å². The second kappa shape index (κ2) is 6.32. The highest BCUT2D eigenvalue weighted by Crippen LogP contribution is 2.37. The molecule has 1 rings (SSSR count). The van der Waals surface area contributed by atoms with Crippen molar-refractivity contribution in [1.82, 2.24) is 5.32 Å². The van der Waals surface area contributed by atoms with Gasteiger partial charge < -0.3 is 14.5 Å². The van der Waals surface area contributed by atoms with Gasteiger partial charge in [0.05, 0.1) is 0 Å². The summed E-state index contributed by atoms with van der Waals surface area (Å²) in [4.78, 5) is 11.8. The van der Waals surface area contributed by atoms with E-state index in [2.05, 4.69) is 39.2 Å². The quantitative estimate of drug-likeness (QED) is 0.800. The zero-order chi connectivity index (χ0) is 17.2. The third-order valence-corrected chi connectivity index (χ3v) is 8.03. The average molecular weight is 324 g/mol. The van der Waals surface area contributed by atoms with Crippen LogP contribution in [0.15, 0.2) is 24.3 Å². The molecule has 1 aromatic carbocycles. The molecule has 0 atom stereocenters. The number of carbonyl (C=O) groups is 1. The molecule has 0 spiro atoms. The first-order chi connectivity index (χ1) is 9.80. The monoisotopic (exact) mass is 323 g/mol. The van der Waals surface area contributed by atoms with Gasteiger partial charge in [0, 0.05) is 11.6 Å². The Balaban J connectivity index is 2.81. The Kier molecular flexibility index (Phi) is 5.33. The normalized spacial score (nSPS) is 12.7. The highest BCUT2D eigenvalue weighted by atomic mass is 28.4. The SMILES string of the molecule is CC(C)(C)NC(=O)Oc1cccc(O[Si](C)(C)C(C)(C)C)c1. The van der Waals surface area contributed by atoms with Crippen LogP contribution in [-0.2, 0) is 0 Å². The lowest BCUT2D eigenvalue weighted by atomic mass is 10.1. The van der Waals surface area contributed by atoms with Crippen LogP contribution in [0.4, 0.5) is 4.79 Å². The first-order valence-corrected chi connectivity index (χ1v) is 10.5. The Morgan fingerprint density at radius 3 is 2.09 bits per heavy atom. The van der Waals surface area contributed by atoms with Crippen LogP contribution in [-0.4, -0.2) is 19.9 Å². The largest absolute Gasteiger partial charge is 0.543 e. The van der Waals surface area contributed by atoms with Crippen molar-refractivity contribution in [3.05, 3.63) is 24.3 Å². The minimum absolute atomic E-state index is 0.119. The van der Waals surface area contributed by atoms with Crippen molar-refractivity contribution in [2.45, 2.75) is 65.2 Å². The third kappa shape index (κ3) is 5.71. The first kappa shape index (κ1) is 18.6. The molecule has 5 heteroatoms. The number of benzene rings is 1. The number of hydrogen-bond donors (Lipinski definition) is 1. The van der Waals surface area contributed by atoms with Crippen LogP contribution in [0.5, 0.6) is 11.5 Å². The minimum Gasteiger partial charge on any atom is -0.543 e. The molecular formula is C17H29NO3Si. The van der Waals surface area contributed by atoms with Crippen LogP contribution in [0.1, 0.15) is 41.5 Å². The van der Waals surface area contributed by atoms with Gasteiger partial charge in [0.2, 0.25) is 8.32 Å². The lowest BCUT2D eigenvalue weighted by Crippen LogP contribution is -2.43. The molecule has 0 heterocycles. The topological polar surface area (TPSA) is 47.6 Å². The van der Waals surface area contributed by atoms with Gasteiger partial charge in [-0.15, -0.1) is 0 Å². The van der Waals surface area contributed by atoms with Crippen LogP contribution < -0.4 is 14.5 Å². The van der Waals surface area contributed by atoms with E-state index in [-0.39, 0.29) is 10.6 Å². The van der Waals surface area contributed by atoms with Gasteiger partial charge in [-0.3, -0.25) is 0 Å². The van der Waals surface area contributed by atoms with Gasteiger partial charge in [-0.1, -0.05) is 26.8 Å². The molecule has 0 saturated carbocycles. The zero-order valence-corrected chi connectivity index (χ0v) is 16.0. The van der Waals surface area contributed by atoms with E-state index in [0.29, 0.717) is 5.75 Å². The predicted octanol–water partition coefficient (Wildman–Crippen LogP) is 4.96. The average Bonchev–Trinajstić information content (AvgIpc) is 2.23. The summed E-state index contributed by atoms with van der Waals surface area (Å²) in [6.07, 6.45) is -0.461. The lowest BCUT2D eigenvalue weighted by Gasteiger charge is -2.36. The van der Waals surface area contributed by atoms with Crippen molar-refractivity contribution in [1.29, 1.82) is 0 Å². The van der Waals surface area contributed by atoms with Gasteiger partial charge in [0.25, 0.3) is 0 Å². The summed E-state index contributed by atoms with van der Waals surface area (Å²) >= 11 is 0. The van der Waals surface area contributed by atoms with Gasteiger partial charge in [-0.2, -0.15) is 0 Å². The van der Waals surface area contributed by atoms with Gasteiger partial charge >= 0.3 is 6.09 Å². The zero-order valence-electron chi connectivity index (χ0n) is 15.0.